The Bertz CT molecular complexity index is 2000. The average molecular weight is 684 g/mol. The van der Waals surface area contributed by atoms with Crippen molar-refractivity contribution in [3.63, 3.8) is 0 Å². The summed E-state index contributed by atoms with van der Waals surface area (Å²) in [5.41, 5.74) is 2.64. The van der Waals surface area contributed by atoms with Crippen molar-refractivity contribution in [1.29, 1.82) is 0 Å². The molecule has 46 heavy (non-hydrogen) atoms. The standard InChI is InChI=1S/C36H28BrFN2O6/c1-3-43-36(41)30(44-28-13-8-14-29-32(28)33(37)34(46-29)22-15-17-24(38)18-16-22)21-23-9-4-6-11-26(23)45-31-19-20-39-35(40-31)25-10-5-7-12-27(25)42-2/h4-20,30H,3,21H2,1-2H3. The summed E-state index contributed by atoms with van der Waals surface area (Å²) in [6.45, 7) is 1.92. The minimum absolute atomic E-state index is 0.135. The summed E-state index contributed by atoms with van der Waals surface area (Å²) in [6.07, 6.45) is 0.720. The van der Waals surface area contributed by atoms with E-state index in [1.807, 2.05) is 42.5 Å². The van der Waals surface area contributed by atoms with Crippen LogP contribution in [-0.4, -0.2) is 35.8 Å². The highest BCUT2D eigenvalue weighted by Crippen LogP contribution is 2.42. The SMILES string of the molecule is CCOC(=O)C(Cc1ccccc1Oc1ccnc(-c2ccccc2OC)n1)Oc1cccc2oc(-c3ccc(F)cc3)c(Br)c12. The smallest absolute Gasteiger partial charge is 0.347 e. The quantitative estimate of drug-likeness (QED) is 0.125. The summed E-state index contributed by atoms with van der Waals surface area (Å²) >= 11 is 3.64. The van der Waals surface area contributed by atoms with E-state index in [2.05, 4.69) is 25.9 Å². The predicted octanol–water partition coefficient (Wildman–Crippen LogP) is 8.81. The van der Waals surface area contributed by atoms with E-state index in [4.69, 9.17) is 23.4 Å². The molecule has 1 atom stereocenters. The molecule has 2 heterocycles. The Morgan fingerprint density at radius 3 is 2.43 bits per heavy atom. The van der Waals surface area contributed by atoms with Gasteiger partial charge in [-0.3, -0.25) is 0 Å². The number of fused-ring (bicyclic) bond motifs is 1. The van der Waals surface area contributed by atoms with Crippen molar-refractivity contribution in [2.24, 2.45) is 0 Å². The maximum Gasteiger partial charge on any atom is 0.347 e. The number of nitrogens with zero attached hydrogens (tertiary/aromatic N) is 2. The zero-order valence-corrected chi connectivity index (χ0v) is 26.5. The van der Waals surface area contributed by atoms with Gasteiger partial charge in [-0.25, -0.2) is 14.2 Å². The minimum Gasteiger partial charge on any atom is -0.496 e. The molecule has 0 spiro atoms. The first-order valence-electron chi connectivity index (χ1n) is 14.5. The lowest BCUT2D eigenvalue weighted by Gasteiger charge is -2.20. The minimum atomic E-state index is -1.03. The Morgan fingerprint density at radius 1 is 0.913 bits per heavy atom. The highest BCUT2D eigenvalue weighted by atomic mass is 79.9. The monoisotopic (exact) mass is 682 g/mol. The number of aromatic nitrogens is 2. The number of hydrogen-bond acceptors (Lipinski definition) is 8. The number of furan rings is 1. The zero-order chi connectivity index (χ0) is 32.0. The van der Waals surface area contributed by atoms with Crippen molar-refractivity contribution in [1.82, 2.24) is 9.97 Å². The number of carbonyl (C=O) groups excluding carboxylic acids is 1. The van der Waals surface area contributed by atoms with E-state index < -0.39 is 12.1 Å². The third-order valence-electron chi connectivity index (χ3n) is 7.11. The van der Waals surface area contributed by atoms with Crippen molar-refractivity contribution >= 4 is 32.9 Å². The predicted molar refractivity (Wildman–Crippen MR) is 175 cm³/mol. The van der Waals surface area contributed by atoms with Crippen LogP contribution >= 0.6 is 15.9 Å². The van der Waals surface area contributed by atoms with Crippen LogP contribution in [0.2, 0.25) is 0 Å². The van der Waals surface area contributed by atoms with E-state index in [1.165, 1.54) is 12.1 Å². The van der Waals surface area contributed by atoms with Crippen molar-refractivity contribution in [3.8, 4) is 45.8 Å². The van der Waals surface area contributed by atoms with Crippen LogP contribution in [0.5, 0.6) is 23.1 Å². The van der Waals surface area contributed by atoms with Gasteiger partial charge in [-0.05, 0) is 83.0 Å². The Balaban J connectivity index is 1.30. The van der Waals surface area contributed by atoms with Gasteiger partial charge in [0.05, 0.1) is 29.1 Å². The fourth-order valence-corrected chi connectivity index (χ4v) is 5.67. The molecule has 2 aromatic heterocycles. The molecule has 0 aliphatic heterocycles. The molecule has 0 amide bonds. The summed E-state index contributed by atoms with van der Waals surface area (Å²) in [4.78, 5) is 22.3. The first-order valence-corrected chi connectivity index (χ1v) is 15.3. The van der Waals surface area contributed by atoms with Crippen LogP contribution in [0.15, 0.2) is 112 Å². The zero-order valence-electron chi connectivity index (χ0n) is 24.9. The molecule has 4 aromatic carbocycles. The van der Waals surface area contributed by atoms with Gasteiger partial charge in [0.15, 0.2) is 11.9 Å². The van der Waals surface area contributed by atoms with Crippen LogP contribution in [0.4, 0.5) is 4.39 Å². The van der Waals surface area contributed by atoms with Crippen LogP contribution in [0.1, 0.15) is 12.5 Å². The van der Waals surface area contributed by atoms with Crippen LogP contribution in [0.3, 0.4) is 0 Å². The summed E-state index contributed by atoms with van der Waals surface area (Å²) in [5.74, 6) is 1.93. The number of methoxy groups -OCH3 is 1. The summed E-state index contributed by atoms with van der Waals surface area (Å²) in [6, 6.07) is 27.8. The first kappa shape index (κ1) is 30.8. The molecule has 0 fully saturated rings. The van der Waals surface area contributed by atoms with E-state index >= 15 is 0 Å². The van der Waals surface area contributed by atoms with Crippen LogP contribution in [-0.2, 0) is 16.0 Å². The molecule has 0 aliphatic carbocycles. The lowest BCUT2D eigenvalue weighted by Crippen LogP contribution is -2.32. The second-order valence-electron chi connectivity index (χ2n) is 10.1. The van der Waals surface area contributed by atoms with Gasteiger partial charge in [-0.15, -0.1) is 0 Å². The largest absolute Gasteiger partial charge is 0.496 e. The second kappa shape index (κ2) is 13.8. The van der Waals surface area contributed by atoms with E-state index in [-0.39, 0.29) is 18.8 Å². The average Bonchev–Trinajstić information content (AvgIpc) is 3.42. The fourth-order valence-electron chi connectivity index (χ4n) is 4.97. The summed E-state index contributed by atoms with van der Waals surface area (Å²) in [7, 11) is 1.59. The van der Waals surface area contributed by atoms with E-state index in [1.54, 1.807) is 62.7 Å². The molecule has 0 radical (unpaired) electrons. The van der Waals surface area contributed by atoms with E-state index in [0.717, 1.165) is 5.56 Å². The van der Waals surface area contributed by atoms with Gasteiger partial charge in [0.2, 0.25) is 5.88 Å². The lowest BCUT2D eigenvalue weighted by atomic mass is 10.1. The van der Waals surface area contributed by atoms with Crippen molar-refractivity contribution in [3.05, 3.63) is 119 Å². The number of benzene rings is 4. The number of halogens is 2. The number of hydrogen-bond donors (Lipinski definition) is 0. The van der Waals surface area contributed by atoms with Gasteiger partial charge in [0.1, 0.15) is 34.4 Å². The fraction of sp³-hybridized carbons (Fsp3) is 0.139. The van der Waals surface area contributed by atoms with Crippen molar-refractivity contribution < 1.29 is 32.5 Å². The molecule has 0 aliphatic rings. The first-order chi connectivity index (χ1) is 22.4. The Labute approximate surface area is 272 Å². The molecular formula is C36H28BrFN2O6. The van der Waals surface area contributed by atoms with Gasteiger partial charge in [0.25, 0.3) is 0 Å². The third kappa shape index (κ3) is 6.57. The molecule has 0 saturated heterocycles. The molecule has 1 unspecified atom stereocenters. The molecule has 0 bridgehead atoms. The summed E-state index contributed by atoms with van der Waals surface area (Å²) < 4.78 is 43.8. The van der Waals surface area contributed by atoms with Gasteiger partial charge < -0.3 is 23.4 Å². The Morgan fingerprint density at radius 2 is 1.65 bits per heavy atom. The maximum atomic E-state index is 13.6. The number of carbonyl (C=O) groups is 1. The Kier molecular flexibility index (Phi) is 9.25. The van der Waals surface area contributed by atoms with E-state index in [0.29, 0.717) is 61.3 Å². The molecule has 8 nitrogen and oxygen atoms in total. The number of para-hydroxylation sites is 2. The molecule has 0 N–H and O–H groups in total. The lowest BCUT2D eigenvalue weighted by molar-refractivity contribution is -0.151. The molecule has 6 aromatic rings. The maximum absolute atomic E-state index is 13.6. The molecule has 0 saturated carbocycles. The number of ether oxygens (including phenoxy) is 4. The van der Waals surface area contributed by atoms with Crippen molar-refractivity contribution in [2.75, 3.05) is 13.7 Å². The molecule has 232 valence electrons. The van der Waals surface area contributed by atoms with Crippen LogP contribution < -0.4 is 14.2 Å². The molecule has 10 heteroatoms. The highest BCUT2D eigenvalue weighted by Gasteiger charge is 2.27. The number of esters is 1. The van der Waals surface area contributed by atoms with Gasteiger partial charge in [-0.1, -0.05) is 36.4 Å². The van der Waals surface area contributed by atoms with Crippen LogP contribution in [0, 0.1) is 5.82 Å². The van der Waals surface area contributed by atoms with Crippen LogP contribution in [0.25, 0.3) is 33.7 Å². The van der Waals surface area contributed by atoms with Gasteiger partial charge in [0, 0.05) is 24.2 Å². The normalized spacial score (nSPS) is 11.7. The Hall–Kier alpha value is -5.22. The van der Waals surface area contributed by atoms with E-state index in [9.17, 15) is 9.18 Å². The summed E-state index contributed by atoms with van der Waals surface area (Å²) in [5, 5.41) is 0.630. The second-order valence-corrected chi connectivity index (χ2v) is 10.9. The van der Waals surface area contributed by atoms with Crippen molar-refractivity contribution in [2.45, 2.75) is 19.4 Å². The topological polar surface area (TPSA) is 92.9 Å². The highest BCUT2D eigenvalue weighted by molar-refractivity contribution is 9.10. The van der Waals surface area contributed by atoms with Gasteiger partial charge in [-0.2, -0.15) is 4.98 Å². The van der Waals surface area contributed by atoms with Gasteiger partial charge >= 0.3 is 5.97 Å². The molecular weight excluding hydrogens is 655 g/mol. The molecule has 6 rings (SSSR count). The number of rotatable bonds is 11. The third-order valence-corrected chi connectivity index (χ3v) is 7.87.